The fraction of sp³-hybridized carbons (Fsp3) is 0.235. The topological polar surface area (TPSA) is 38.1 Å². The fourth-order valence-electron chi connectivity index (χ4n) is 2.52. The Kier molecular flexibility index (Phi) is 4.23. The molecule has 0 aliphatic rings. The highest BCUT2D eigenvalue weighted by atomic mass is 35.5. The van der Waals surface area contributed by atoms with Gasteiger partial charge in [-0.25, -0.2) is 0 Å². The predicted molar refractivity (Wildman–Crippen MR) is 85.6 cm³/mol. The van der Waals surface area contributed by atoms with Crippen LogP contribution in [0.1, 0.15) is 30.7 Å². The Labute approximate surface area is 128 Å². The first-order chi connectivity index (χ1) is 10.3. The van der Waals surface area contributed by atoms with E-state index in [2.05, 4.69) is 35.4 Å². The Morgan fingerprint density at radius 2 is 2.14 bits per heavy atom. The Morgan fingerprint density at radius 1 is 1.24 bits per heavy atom. The van der Waals surface area contributed by atoms with Gasteiger partial charge in [-0.15, -0.1) is 0 Å². The molecule has 0 saturated heterocycles. The summed E-state index contributed by atoms with van der Waals surface area (Å²) in [6, 6.07) is 11.9. The van der Waals surface area contributed by atoms with Crippen molar-refractivity contribution in [3.05, 3.63) is 65.3 Å². The molecule has 0 aliphatic carbocycles. The van der Waals surface area contributed by atoms with Crippen LogP contribution in [-0.4, -0.2) is 11.5 Å². The molecule has 2 aromatic heterocycles. The van der Waals surface area contributed by atoms with Gasteiger partial charge in [0.2, 0.25) is 0 Å². The molecule has 1 aromatic carbocycles. The number of hydrogen-bond acceptors (Lipinski definition) is 3. The van der Waals surface area contributed by atoms with Gasteiger partial charge in [-0.05, 0) is 53.7 Å². The Morgan fingerprint density at radius 3 is 2.90 bits per heavy atom. The zero-order valence-electron chi connectivity index (χ0n) is 11.8. The molecule has 108 valence electrons. The van der Waals surface area contributed by atoms with Crippen molar-refractivity contribution in [2.45, 2.75) is 19.4 Å². The van der Waals surface area contributed by atoms with E-state index in [1.807, 2.05) is 24.5 Å². The summed E-state index contributed by atoms with van der Waals surface area (Å²) >= 11 is 5.94. The van der Waals surface area contributed by atoms with E-state index < -0.39 is 0 Å². The van der Waals surface area contributed by atoms with E-state index in [9.17, 15) is 0 Å². The number of nitrogens with zero attached hydrogens (tertiary/aromatic N) is 1. The third-order valence-corrected chi connectivity index (χ3v) is 3.71. The largest absolute Gasteiger partial charge is 0.448 e. The van der Waals surface area contributed by atoms with Crippen LogP contribution in [0, 0.1) is 0 Å². The maximum atomic E-state index is 5.94. The van der Waals surface area contributed by atoms with Crippen molar-refractivity contribution in [1.82, 2.24) is 10.3 Å². The second-order valence-corrected chi connectivity index (χ2v) is 5.35. The number of pyridine rings is 1. The molecule has 0 saturated carbocycles. The summed E-state index contributed by atoms with van der Waals surface area (Å²) in [5.41, 5.74) is 1.15. The molecule has 0 amide bonds. The van der Waals surface area contributed by atoms with Crippen LogP contribution in [0.4, 0.5) is 0 Å². The van der Waals surface area contributed by atoms with Crippen molar-refractivity contribution in [2.24, 2.45) is 0 Å². The summed E-state index contributed by atoms with van der Waals surface area (Å²) in [4.78, 5) is 4.25. The lowest BCUT2D eigenvalue weighted by atomic mass is 9.98. The zero-order chi connectivity index (χ0) is 14.7. The number of benzene rings is 1. The molecule has 3 aromatic rings. The summed E-state index contributed by atoms with van der Waals surface area (Å²) < 4.78 is 5.63. The van der Waals surface area contributed by atoms with Crippen LogP contribution in [-0.2, 0) is 0 Å². The van der Waals surface area contributed by atoms with Crippen molar-refractivity contribution in [2.75, 3.05) is 6.54 Å². The number of nitrogens with one attached hydrogen (secondary N) is 1. The van der Waals surface area contributed by atoms with Gasteiger partial charge in [-0.2, -0.15) is 0 Å². The Bertz CT molecular complexity index is 733. The average Bonchev–Trinajstić information content (AvgIpc) is 2.94. The van der Waals surface area contributed by atoms with E-state index in [0.29, 0.717) is 5.22 Å². The minimum atomic E-state index is -0.0228. The van der Waals surface area contributed by atoms with Crippen LogP contribution in [0.5, 0.6) is 0 Å². The lowest BCUT2D eigenvalue weighted by Gasteiger charge is -2.18. The van der Waals surface area contributed by atoms with Crippen molar-refractivity contribution in [3.8, 4) is 0 Å². The van der Waals surface area contributed by atoms with Gasteiger partial charge in [0.25, 0.3) is 0 Å². The minimum absolute atomic E-state index is 0.0228. The molecule has 2 heterocycles. The van der Waals surface area contributed by atoms with Crippen LogP contribution in [0.15, 0.2) is 53.2 Å². The van der Waals surface area contributed by atoms with Gasteiger partial charge in [0, 0.05) is 17.8 Å². The van der Waals surface area contributed by atoms with Crippen molar-refractivity contribution < 1.29 is 4.42 Å². The summed E-state index contributed by atoms with van der Waals surface area (Å²) in [5, 5.41) is 6.23. The lowest BCUT2D eigenvalue weighted by molar-refractivity contribution is 0.449. The molecule has 1 N–H and O–H groups in total. The minimum Gasteiger partial charge on any atom is -0.448 e. The molecule has 0 bridgehead atoms. The average molecular weight is 301 g/mol. The predicted octanol–water partition coefficient (Wildman–Crippen LogP) is 4.57. The van der Waals surface area contributed by atoms with Gasteiger partial charge >= 0.3 is 0 Å². The summed E-state index contributed by atoms with van der Waals surface area (Å²) in [5.74, 6) is 0.824. The van der Waals surface area contributed by atoms with Crippen molar-refractivity contribution in [3.63, 3.8) is 0 Å². The Balaban J connectivity index is 2.09. The number of rotatable bonds is 5. The van der Waals surface area contributed by atoms with E-state index in [1.54, 1.807) is 6.07 Å². The van der Waals surface area contributed by atoms with Gasteiger partial charge in [0.15, 0.2) is 5.22 Å². The maximum Gasteiger partial charge on any atom is 0.193 e. The molecule has 0 fully saturated rings. The highest BCUT2D eigenvalue weighted by Gasteiger charge is 2.19. The van der Waals surface area contributed by atoms with Crippen LogP contribution in [0.2, 0.25) is 5.22 Å². The quantitative estimate of drug-likeness (QED) is 0.750. The number of hydrogen-bond donors (Lipinski definition) is 1. The van der Waals surface area contributed by atoms with Crippen molar-refractivity contribution in [1.29, 1.82) is 0 Å². The zero-order valence-corrected chi connectivity index (χ0v) is 12.6. The molecule has 3 nitrogen and oxygen atoms in total. The molecule has 0 aliphatic heterocycles. The second-order valence-electron chi connectivity index (χ2n) is 4.97. The second kappa shape index (κ2) is 6.29. The van der Waals surface area contributed by atoms with E-state index in [4.69, 9.17) is 16.0 Å². The summed E-state index contributed by atoms with van der Waals surface area (Å²) in [7, 11) is 0. The molecular weight excluding hydrogens is 284 g/mol. The third-order valence-electron chi connectivity index (χ3n) is 3.51. The summed E-state index contributed by atoms with van der Waals surface area (Å²) in [6.07, 6.45) is 4.76. The highest BCUT2D eigenvalue weighted by Crippen LogP contribution is 2.30. The molecule has 21 heavy (non-hydrogen) atoms. The molecule has 1 atom stereocenters. The molecule has 0 radical (unpaired) electrons. The highest BCUT2D eigenvalue weighted by molar-refractivity contribution is 6.28. The van der Waals surface area contributed by atoms with E-state index in [-0.39, 0.29) is 6.04 Å². The van der Waals surface area contributed by atoms with Gasteiger partial charge in [0.1, 0.15) is 5.76 Å². The number of aromatic nitrogens is 1. The first-order valence-electron chi connectivity index (χ1n) is 7.11. The normalized spacial score (nSPS) is 12.7. The SMILES string of the molecule is CCCNC(c1ccc(Cl)o1)c1cccc2ccncc12. The molecule has 3 rings (SSSR count). The summed E-state index contributed by atoms with van der Waals surface area (Å²) in [6.45, 7) is 3.05. The lowest BCUT2D eigenvalue weighted by Crippen LogP contribution is -2.23. The number of fused-ring (bicyclic) bond motifs is 1. The van der Waals surface area contributed by atoms with Gasteiger partial charge in [-0.3, -0.25) is 4.98 Å². The monoisotopic (exact) mass is 300 g/mol. The smallest absolute Gasteiger partial charge is 0.193 e. The maximum absolute atomic E-state index is 5.94. The van der Waals surface area contributed by atoms with E-state index >= 15 is 0 Å². The van der Waals surface area contributed by atoms with Crippen molar-refractivity contribution >= 4 is 22.4 Å². The first kappa shape index (κ1) is 14.1. The molecule has 0 spiro atoms. The van der Waals surface area contributed by atoms with Crippen LogP contribution < -0.4 is 5.32 Å². The first-order valence-corrected chi connectivity index (χ1v) is 7.48. The number of furan rings is 1. The fourth-order valence-corrected chi connectivity index (χ4v) is 2.68. The Hall–Kier alpha value is -1.84. The van der Waals surface area contributed by atoms with E-state index in [1.165, 1.54) is 5.39 Å². The third kappa shape index (κ3) is 2.94. The molecule has 1 unspecified atom stereocenters. The van der Waals surface area contributed by atoms with E-state index in [0.717, 1.165) is 29.7 Å². The number of halogens is 1. The van der Waals surface area contributed by atoms with Crippen LogP contribution in [0.3, 0.4) is 0 Å². The standard InChI is InChI=1S/C17H17ClN2O/c1-2-9-20-17(15-6-7-16(18)21-15)13-5-3-4-12-8-10-19-11-14(12)13/h3-8,10-11,17,20H,2,9H2,1H3. The van der Waals surface area contributed by atoms with Gasteiger partial charge < -0.3 is 9.73 Å². The van der Waals surface area contributed by atoms with Gasteiger partial charge in [-0.1, -0.05) is 25.1 Å². The van der Waals surface area contributed by atoms with Gasteiger partial charge in [0.05, 0.1) is 6.04 Å². The van der Waals surface area contributed by atoms with Crippen LogP contribution >= 0.6 is 11.6 Å². The van der Waals surface area contributed by atoms with Crippen LogP contribution in [0.25, 0.3) is 10.8 Å². The molecular formula is C17H17ClN2O. The molecule has 4 heteroatoms.